The van der Waals surface area contributed by atoms with Crippen LogP contribution in [0.3, 0.4) is 0 Å². The van der Waals surface area contributed by atoms with Gasteiger partial charge in [-0.05, 0) is 61.0 Å². The molecule has 1 fully saturated rings. The number of sulfonamides is 1. The van der Waals surface area contributed by atoms with Crippen molar-refractivity contribution in [3.63, 3.8) is 0 Å². The Kier molecular flexibility index (Phi) is 7.32. The summed E-state index contributed by atoms with van der Waals surface area (Å²) in [7, 11) is -3.91. The van der Waals surface area contributed by atoms with Crippen molar-refractivity contribution in [2.24, 2.45) is 11.1 Å². The molecule has 43 heavy (non-hydrogen) atoms. The number of imide groups is 1. The van der Waals surface area contributed by atoms with Gasteiger partial charge in [0, 0.05) is 16.5 Å². The van der Waals surface area contributed by atoms with Gasteiger partial charge in [-0.3, -0.25) is 23.7 Å². The molecule has 10 nitrogen and oxygen atoms in total. The highest BCUT2D eigenvalue weighted by Crippen LogP contribution is 2.53. The van der Waals surface area contributed by atoms with Gasteiger partial charge in [0.1, 0.15) is 17.6 Å². The molecule has 1 saturated heterocycles. The lowest BCUT2D eigenvalue weighted by molar-refractivity contribution is -0.122. The van der Waals surface area contributed by atoms with E-state index in [1.807, 2.05) is 6.92 Å². The van der Waals surface area contributed by atoms with Crippen LogP contribution in [0.25, 0.3) is 0 Å². The lowest BCUT2D eigenvalue weighted by Crippen LogP contribution is -2.33. The van der Waals surface area contributed by atoms with Crippen LogP contribution in [0.2, 0.25) is 0 Å². The van der Waals surface area contributed by atoms with E-state index in [4.69, 9.17) is 5.14 Å². The molecule has 0 radical (unpaired) electrons. The van der Waals surface area contributed by atoms with Crippen LogP contribution in [0.15, 0.2) is 87.5 Å². The number of fused-ring (bicyclic) bond motifs is 2. The van der Waals surface area contributed by atoms with E-state index < -0.39 is 62.1 Å². The third-order valence-corrected chi connectivity index (χ3v) is 10.9. The summed E-state index contributed by atoms with van der Waals surface area (Å²) in [6, 6.07) is 17.8. The van der Waals surface area contributed by atoms with Crippen LogP contribution in [0.4, 0.5) is 15.8 Å². The van der Waals surface area contributed by atoms with E-state index in [1.165, 1.54) is 53.1 Å². The van der Waals surface area contributed by atoms with Crippen molar-refractivity contribution in [3.05, 3.63) is 104 Å². The van der Waals surface area contributed by atoms with E-state index in [1.54, 1.807) is 24.3 Å². The smallest absolute Gasteiger partial charge is 0.308 e. The average Bonchev–Trinajstić information content (AvgIpc) is 3.40. The van der Waals surface area contributed by atoms with E-state index in [9.17, 15) is 32.0 Å². The maximum atomic E-state index is 13.9. The minimum absolute atomic E-state index is 0.123. The molecule has 1 aromatic heterocycles. The van der Waals surface area contributed by atoms with Gasteiger partial charge in [0.15, 0.2) is 0 Å². The van der Waals surface area contributed by atoms with E-state index in [2.05, 4.69) is 5.32 Å². The summed E-state index contributed by atoms with van der Waals surface area (Å²) in [5.74, 6) is -3.47. The number of carbonyl (C=O) groups is 3. The van der Waals surface area contributed by atoms with Crippen molar-refractivity contribution in [1.29, 1.82) is 0 Å². The number of amides is 3. The Morgan fingerprint density at radius 2 is 1.60 bits per heavy atom. The molecule has 3 heterocycles. The molecule has 2 aliphatic heterocycles. The molecule has 3 N–H and O–H groups in total. The number of thiazole rings is 1. The summed E-state index contributed by atoms with van der Waals surface area (Å²) in [5, 5.41) is 7.25. The van der Waals surface area contributed by atoms with E-state index >= 15 is 0 Å². The number of thioether (sulfide) groups is 1. The maximum absolute atomic E-state index is 13.9. The molecule has 3 aromatic carbocycles. The first-order valence-corrected chi connectivity index (χ1v) is 16.2. The predicted molar refractivity (Wildman–Crippen MR) is 160 cm³/mol. The highest BCUT2D eigenvalue weighted by atomic mass is 32.2. The molecule has 4 aromatic rings. The van der Waals surface area contributed by atoms with Crippen LogP contribution in [-0.4, -0.2) is 36.0 Å². The normalized spacial score (nSPS) is 19.7. The highest BCUT2D eigenvalue weighted by molar-refractivity contribution is 8.00. The summed E-state index contributed by atoms with van der Waals surface area (Å²) >= 11 is 1.95. The van der Waals surface area contributed by atoms with Crippen LogP contribution in [0.1, 0.15) is 21.9 Å². The fraction of sp³-hybridized carbons (Fsp3) is 0.172. The van der Waals surface area contributed by atoms with Crippen molar-refractivity contribution >= 4 is 62.2 Å². The van der Waals surface area contributed by atoms with Gasteiger partial charge < -0.3 is 5.32 Å². The Morgan fingerprint density at radius 1 is 0.953 bits per heavy atom. The molecule has 0 bridgehead atoms. The standard InChI is InChI=1S/C29H23FN4O6S3/c1-15-2-10-19(11-3-15)34-26(36)23-22(16-4-6-17(30)7-5-16)25-28(41-24(23)27(34)37)33(29(38)42-25)14-21(35)32-18-8-12-20(13-9-18)43(31,39)40/h2-13,22-24H,14H2,1H3,(H,32,35)(H2,31,39,40)/t22-,23-,24+/m0/s1. The third kappa shape index (κ3) is 5.31. The first kappa shape index (κ1) is 29.0. The molecule has 0 spiro atoms. The zero-order valence-electron chi connectivity index (χ0n) is 22.4. The van der Waals surface area contributed by atoms with Crippen molar-refractivity contribution in [2.45, 2.75) is 34.6 Å². The molecule has 14 heteroatoms. The summed E-state index contributed by atoms with van der Waals surface area (Å²) in [5.41, 5.74) is 2.25. The second-order valence-electron chi connectivity index (χ2n) is 10.2. The van der Waals surface area contributed by atoms with Gasteiger partial charge in [-0.1, -0.05) is 52.9 Å². The van der Waals surface area contributed by atoms with Gasteiger partial charge in [-0.2, -0.15) is 0 Å². The molecule has 0 aliphatic carbocycles. The second-order valence-corrected chi connectivity index (χ2v) is 13.9. The van der Waals surface area contributed by atoms with Gasteiger partial charge in [-0.15, -0.1) is 0 Å². The number of aryl methyl sites for hydroxylation is 1. The summed E-state index contributed by atoms with van der Waals surface area (Å²) in [6.45, 7) is 1.50. The van der Waals surface area contributed by atoms with Crippen LogP contribution in [0.5, 0.6) is 0 Å². The minimum atomic E-state index is -3.91. The van der Waals surface area contributed by atoms with E-state index in [0.717, 1.165) is 33.6 Å². The monoisotopic (exact) mass is 638 g/mol. The Balaban J connectivity index is 1.36. The fourth-order valence-electron chi connectivity index (χ4n) is 5.30. The second kappa shape index (κ2) is 10.9. The number of carbonyl (C=O) groups excluding carboxylic acids is 3. The summed E-state index contributed by atoms with van der Waals surface area (Å²) in [6.07, 6.45) is 0. The zero-order valence-corrected chi connectivity index (χ0v) is 24.8. The average molecular weight is 639 g/mol. The number of aromatic nitrogens is 1. The summed E-state index contributed by atoms with van der Waals surface area (Å²) in [4.78, 5) is 55.0. The lowest BCUT2D eigenvalue weighted by atomic mass is 9.83. The van der Waals surface area contributed by atoms with Crippen LogP contribution < -0.4 is 20.2 Å². The maximum Gasteiger partial charge on any atom is 0.308 e. The number of nitrogens with one attached hydrogen (secondary N) is 1. The largest absolute Gasteiger partial charge is 0.325 e. The summed E-state index contributed by atoms with van der Waals surface area (Å²) < 4.78 is 38.2. The minimum Gasteiger partial charge on any atom is -0.325 e. The topological polar surface area (TPSA) is 149 Å². The molecule has 2 aliphatic rings. The van der Waals surface area contributed by atoms with Gasteiger partial charge >= 0.3 is 4.87 Å². The molecule has 3 atom stereocenters. The quantitative estimate of drug-likeness (QED) is 0.308. The van der Waals surface area contributed by atoms with Crippen molar-refractivity contribution in [3.8, 4) is 0 Å². The Bertz CT molecular complexity index is 1940. The third-order valence-electron chi connectivity index (χ3n) is 7.34. The number of primary sulfonamides is 1. The Morgan fingerprint density at radius 3 is 2.23 bits per heavy atom. The van der Waals surface area contributed by atoms with Gasteiger partial charge in [-0.25, -0.2) is 22.8 Å². The van der Waals surface area contributed by atoms with Crippen molar-refractivity contribution in [1.82, 2.24) is 4.57 Å². The number of nitrogens with two attached hydrogens (primary N) is 1. The lowest BCUT2D eigenvalue weighted by Gasteiger charge is -2.30. The van der Waals surface area contributed by atoms with Crippen LogP contribution >= 0.6 is 23.1 Å². The number of hydrogen-bond donors (Lipinski definition) is 2. The Hall–Kier alpha value is -4.11. The van der Waals surface area contributed by atoms with Crippen LogP contribution in [0, 0.1) is 18.7 Å². The highest BCUT2D eigenvalue weighted by Gasteiger charge is 2.56. The van der Waals surface area contributed by atoms with Crippen molar-refractivity contribution in [2.75, 3.05) is 10.2 Å². The number of nitrogens with zero attached hydrogens (tertiary/aromatic N) is 2. The molecular formula is C29H23FN4O6S3. The SMILES string of the molecule is Cc1ccc(N2C(=O)[C@H]3[C@H](c4ccc(F)cc4)c4sc(=O)n(CC(=O)Nc5ccc(S(N)(=O)=O)cc5)c4S[C@H]3C2=O)cc1. The first-order valence-electron chi connectivity index (χ1n) is 12.9. The van der Waals surface area contributed by atoms with Gasteiger partial charge in [0.05, 0.1) is 21.5 Å². The predicted octanol–water partition coefficient (Wildman–Crippen LogP) is 3.44. The zero-order chi connectivity index (χ0) is 30.6. The number of benzene rings is 3. The number of halogens is 1. The van der Waals surface area contributed by atoms with Crippen LogP contribution in [-0.2, 0) is 31.0 Å². The number of hydrogen-bond acceptors (Lipinski definition) is 8. The molecule has 0 unspecified atom stereocenters. The van der Waals surface area contributed by atoms with E-state index in [-0.39, 0.29) is 10.6 Å². The number of anilines is 2. The molecule has 0 saturated carbocycles. The molecule has 220 valence electrons. The molecule has 6 rings (SSSR count). The molecular weight excluding hydrogens is 616 g/mol. The first-order chi connectivity index (χ1) is 20.4. The number of rotatable bonds is 6. The van der Waals surface area contributed by atoms with Gasteiger partial charge in [0.25, 0.3) is 0 Å². The Labute approximate surface area is 253 Å². The van der Waals surface area contributed by atoms with E-state index in [0.29, 0.717) is 21.2 Å². The van der Waals surface area contributed by atoms with Gasteiger partial charge in [0.2, 0.25) is 27.7 Å². The van der Waals surface area contributed by atoms with Crippen molar-refractivity contribution < 1.29 is 27.2 Å². The molecule has 3 amide bonds. The fourth-order valence-corrected chi connectivity index (χ4v) is 8.59.